The van der Waals surface area contributed by atoms with Crippen LogP contribution in [0.15, 0.2) is 29.2 Å². The lowest BCUT2D eigenvalue weighted by molar-refractivity contribution is 0.532. The maximum Gasteiger partial charge on any atom is 0.124 e. The molecule has 0 aliphatic heterocycles. The highest BCUT2D eigenvalue weighted by Crippen LogP contribution is 2.40. The van der Waals surface area contributed by atoms with E-state index >= 15 is 0 Å². The molecular weight excluding hydrogens is 223 g/mol. The van der Waals surface area contributed by atoms with Crippen LogP contribution in [0.5, 0.6) is 0 Å². The van der Waals surface area contributed by atoms with E-state index in [1.54, 1.807) is 6.07 Å². The molecule has 2 N–H and O–H groups in total. The number of hydrogen-bond acceptors (Lipinski definition) is 3. The Labute approximate surface area is 98.6 Å². The Bertz CT molecular complexity index is 425. The summed E-state index contributed by atoms with van der Waals surface area (Å²) in [5.74, 6) is 0.590. The summed E-state index contributed by atoms with van der Waals surface area (Å²) in [5, 5.41) is 9.07. The Morgan fingerprint density at radius 1 is 1.56 bits per heavy atom. The average molecular weight is 236 g/mol. The minimum atomic E-state index is -0.753. The third-order valence-electron chi connectivity index (χ3n) is 2.79. The second-order valence-corrected chi connectivity index (χ2v) is 5.22. The molecule has 1 atom stereocenters. The summed E-state index contributed by atoms with van der Waals surface area (Å²) in [5.41, 5.74) is 5.26. The van der Waals surface area contributed by atoms with E-state index in [1.165, 1.54) is 23.9 Å². The van der Waals surface area contributed by atoms with E-state index in [0.29, 0.717) is 11.7 Å². The zero-order chi connectivity index (χ0) is 11.6. The number of nitrogens with two attached hydrogens (primary N) is 1. The van der Waals surface area contributed by atoms with Gasteiger partial charge in [0.25, 0.3) is 0 Å². The maximum atomic E-state index is 12.9. The third-order valence-corrected chi connectivity index (χ3v) is 4.00. The van der Waals surface area contributed by atoms with Crippen molar-refractivity contribution < 1.29 is 4.39 Å². The van der Waals surface area contributed by atoms with Crippen LogP contribution in [0.1, 0.15) is 12.8 Å². The third kappa shape index (κ3) is 2.55. The van der Waals surface area contributed by atoms with Crippen molar-refractivity contribution in [2.45, 2.75) is 23.3 Å². The lowest BCUT2D eigenvalue weighted by Gasteiger charge is -2.20. The fourth-order valence-electron chi connectivity index (χ4n) is 1.60. The van der Waals surface area contributed by atoms with Gasteiger partial charge in [0.05, 0.1) is 6.07 Å². The summed E-state index contributed by atoms with van der Waals surface area (Å²) < 4.78 is 12.9. The largest absolute Gasteiger partial charge is 0.312 e. The van der Waals surface area contributed by atoms with Crippen molar-refractivity contribution in [3.63, 3.8) is 0 Å². The van der Waals surface area contributed by atoms with Crippen molar-refractivity contribution in [2.24, 2.45) is 11.7 Å². The molecule has 0 radical (unpaired) electrons. The molecule has 84 valence electrons. The van der Waals surface area contributed by atoms with Gasteiger partial charge < -0.3 is 5.73 Å². The van der Waals surface area contributed by atoms with Gasteiger partial charge in [-0.3, -0.25) is 0 Å². The van der Waals surface area contributed by atoms with E-state index in [4.69, 9.17) is 11.0 Å². The second kappa shape index (κ2) is 4.44. The Balaban J connectivity index is 1.99. The van der Waals surface area contributed by atoms with Crippen molar-refractivity contribution in [1.29, 1.82) is 5.26 Å². The molecule has 1 aliphatic rings. The van der Waals surface area contributed by atoms with Gasteiger partial charge in [0.15, 0.2) is 0 Å². The molecular formula is C12H13FN2S. The maximum absolute atomic E-state index is 12.9. The molecule has 16 heavy (non-hydrogen) atoms. The molecule has 1 saturated carbocycles. The van der Waals surface area contributed by atoms with Crippen molar-refractivity contribution in [3.8, 4) is 6.07 Å². The van der Waals surface area contributed by atoms with Gasteiger partial charge in [0.1, 0.15) is 11.4 Å². The van der Waals surface area contributed by atoms with E-state index in [1.807, 2.05) is 6.07 Å². The van der Waals surface area contributed by atoms with Crippen LogP contribution in [-0.2, 0) is 0 Å². The molecule has 1 aromatic carbocycles. The Morgan fingerprint density at radius 3 is 2.88 bits per heavy atom. The minimum Gasteiger partial charge on any atom is -0.312 e. The molecule has 0 bridgehead atoms. The average Bonchev–Trinajstić information content (AvgIpc) is 3.10. The standard InChI is InChI=1S/C12H13FN2S/c13-10-2-1-3-11(6-10)16-8-12(15,7-14)9-4-5-9/h1-3,6,9H,4-5,8,15H2. The quantitative estimate of drug-likeness (QED) is 0.817. The highest BCUT2D eigenvalue weighted by molar-refractivity contribution is 7.99. The molecule has 4 heteroatoms. The predicted molar refractivity (Wildman–Crippen MR) is 62.4 cm³/mol. The molecule has 1 fully saturated rings. The Hall–Kier alpha value is -1.05. The predicted octanol–water partition coefficient (Wildman–Crippen LogP) is 2.55. The van der Waals surface area contributed by atoms with Gasteiger partial charge in [-0.2, -0.15) is 5.26 Å². The van der Waals surface area contributed by atoms with E-state index in [2.05, 4.69) is 6.07 Å². The van der Waals surface area contributed by atoms with Crippen molar-refractivity contribution >= 4 is 11.8 Å². The van der Waals surface area contributed by atoms with Crippen LogP contribution >= 0.6 is 11.8 Å². The molecule has 2 rings (SSSR count). The van der Waals surface area contributed by atoms with Gasteiger partial charge in [-0.05, 0) is 37.0 Å². The Morgan fingerprint density at radius 2 is 2.31 bits per heavy atom. The first-order valence-corrected chi connectivity index (χ1v) is 6.21. The van der Waals surface area contributed by atoms with Crippen LogP contribution in [0.3, 0.4) is 0 Å². The Kier molecular flexibility index (Phi) is 3.17. The number of rotatable bonds is 4. The number of thioether (sulfide) groups is 1. The van der Waals surface area contributed by atoms with Crippen molar-refractivity contribution in [3.05, 3.63) is 30.1 Å². The topological polar surface area (TPSA) is 49.8 Å². The van der Waals surface area contributed by atoms with Crippen molar-refractivity contribution in [1.82, 2.24) is 0 Å². The second-order valence-electron chi connectivity index (χ2n) is 4.17. The molecule has 0 aromatic heterocycles. The van der Waals surface area contributed by atoms with Crippen LogP contribution in [-0.4, -0.2) is 11.3 Å². The lowest BCUT2D eigenvalue weighted by Crippen LogP contribution is -2.43. The zero-order valence-corrected chi connectivity index (χ0v) is 9.64. The molecule has 0 spiro atoms. The number of benzene rings is 1. The molecule has 1 aromatic rings. The van der Waals surface area contributed by atoms with Crippen LogP contribution in [0.4, 0.5) is 4.39 Å². The van der Waals surface area contributed by atoms with Crippen molar-refractivity contribution in [2.75, 3.05) is 5.75 Å². The minimum absolute atomic E-state index is 0.254. The van der Waals surface area contributed by atoms with Gasteiger partial charge in [0, 0.05) is 10.6 Å². The summed E-state index contributed by atoms with van der Waals surface area (Å²) >= 11 is 1.45. The molecule has 0 heterocycles. The van der Waals surface area contributed by atoms with E-state index in [9.17, 15) is 4.39 Å². The molecule has 2 nitrogen and oxygen atoms in total. The highest BCUT2D eigenvalue weighted by atomic mass is 32.2. The van der Waals surface area contributed by atoms with Crippen LogP contribution in [0.25, 0.3) is 0 Å². The van der Waals surface area contributed by atoms with Gasteiger partial charge in [-0.25, -0.2) is 4.39 Å². The summed E-state index contributed by atoms with van der Waals surface area (Å²) in [6, 6.07) is 8.56. The SMILES string of the molecule is N#CC(N)(CSc1cccc(F)c1)C1CC1. The number of hydrogen-bond donors (Lipinski definition) is 1. The molecule has 1 unspecified atom stereocenters. The normalized spacial score (nSPS) is 18.8. The van der Waals surface area contributed by atoms with Gasteiger partial charge >= 0.3 is 0 Å². The van der Waals surface area contributed by atoms with E-state index in [-0.39, 0.29) is 5.82 Å². The zero-order valence-electron chi connectivity index (χ0n) is 8.82. The van der Waals surface area contributed by atoms with E-state index < -0.39 is 5.54 Å². The highest BCUT2D eigenvalue weighted by Gasteiger charge is 2.42. The van der Waals surface area contributed by atoms with Crippen LogP contribution in [0.2, 0.25) is 0 Å². The summed E-state index contributed by atoms with van der Waals surface area (Å²) in [7, 11) is 0. The van der Waals surface area contributed by atoms with Gasteiger partial charge in [0.2, 0.25) is 0 Å². The first-order valence-electron chi connectivity index (χ1n) is 5.22. The first kappa shape index (κ1) is 11.4. The summed E-state index contributed by atoms with van der Waals surface area (Å²) in [6.45, 7) is 0. The van der Waals surface area contributed by atoms with E-state index in [0.717, 1.165) is 17.7 Å². The summed E-state index contributed by atoms with van der Waals surface area (Å²) in [4.78, 5) is 0.825. The smallest absolute Gasteiger partial charge is 0.124 e. The van der Waals surface area contributed by atoms with Crippen LogP contribution < -0.4 is 5.73 Å². The molecule has 0 saturated heterocycles. The number of halogens is 1. The number of nitrogens with zero attached hydrogens (tertiary/aromatic N) is 1. The van der Waals surface area contributed by atoms with Gasteiger partial charge in [-0.15, -0.1) is 11.8 Å². The van der Waals surface area contributed by atoms with Crippen LogP contribution in [0, 0.1) is 23.1 Å². The monoisotopic (exact) mass is 236 g/mol. The number of nitriles is 1. The van der Waals surface area contributed by atoms with Gasteiger partial charge in [-0.1, -0.05) is 6.07 Å². The molecule has 0 amide bonds. The molecule has 1 aliphatic carbocycles. The lowest BCUT2D eigenvalue weighted by atomic mass is 10.00. The summed E-state index contributed by atoms with van der Waals surface area (Å²) in [6.07, 6.45) is 2.07. The fraction of sp³-hybridized carbons (Fsp3) is 0.417. The fourth-order valence-corrected chi connectivity index (χ4v) is 2.68. The first-order chi connectivity index (χ1) is 7.64.